The summed E-state index contributed by atoms with van der Waals surface area (Å²) in [6, 6.07) is 5.23. The summed E-state index contributed by atoms with van der Waals surface area (Å²) in [5.74, 6) is -3.38. The Kier molecular flexibility index (Phi) is 10.6. The summed E-state index contributed by atoms with van der Waals surface area (Å²) in [7, 11) is 0. The lowest BCUT2D eigenvalue weighted by molar-refractivity contribution is -0.318. The van der Waals surface area contributed by atoms with E-state index in [2.05, 4.69) is 0 Å². The summed E-state index contributed by atoms with van der Waals surface area (Å²) in [6.45, 7) is -0.640. The van der Waals surface area contributed by atoms with Crippen LogP contribution in [-0.4, -0.2) is 161 Å². The molecular formula is C32H38O20. The molecule has 13 atom stereocenters. The number of aromatic hydroxyl groups is 3. The van der Waals surface area contributed by atoms with Crippen LogP contribution in [0, 0.1) is 0 Å². The topological polar surface area (TPSA) is 328 Å². The molecule has 1 aromatic heterocycles. The zero-order valence-corrected chi connectivity index (χ0v) is 27.1. The van der Waals surface area contributed by atoms with Crippen molar-refractivity contribution in [1.82, 2.24) is 0 Å². The van der Waals surface area contributed by atoms with Crippen LogP contribution in [0.4, 0.5) is 0 Å². The van der Waals surface area contributed by atoms with Crippen molar-refractivity contribution in [3.63, 3.8) is 0 Å². The van der Waals surface area contributed by atoms with Crippen molar-refractivity contribution in [1.29, 1.82) is 0 Å². The fraction of sp³-hybridized carbons (Fsp3) is 0.531. The van der Waals surface area contributed by atoms with E-state index in [4.69, 9.17) is 32.8 Å². The lowest BCUT2D eigenvalue weighted by Crippen LogP contribution is -2.61. The number of aliphatic hydroxyl groups excluding tert-OH is 8. The molecule has 3 aliphatic heterocycles. The van der Waals surface area contributed by atoms with Crippen LogP contribution in [0.15, 0.2) is 39.5 Å². The summed E-state index contributed by atoms with van der Waals surface area (Å²) in [6.07, 6.45) is -20.0. The zero-order chi connectivity index (χ0) is 37.8. The van der Waals surface area contributed by atoms with E-state index in [1.807, 2.05) is 0 Å². The van der Waals surface area contributed by atoms with Gasteiger partial charge in [0.05, 0.1) is 25.9 Å². The molecule has 12 N–H and O–H groups in total. The van der Waals surface area contributed by atoms with Crippen molar-refractivity contribution in [2.24, 2.45) is 0 Å². The Morgan fingerprint density at radius 1 is 0.808 bits per heavy atom. The molecule has 0 saturated carbocycles. The van der Waals surface area contributed by atoms with Gasteiger partial charge in [-0.25, -0.2) is 0 Å². The van der Waals surface area contributed by atoms with Gasteiger partial charge in [0.2, 0.25) is 23.8 Å². The number of hydrogen-bond donors (Lipinski definition) is 12. The first-order valence-electron chi connectivity index (χ1n) is 15.9. The highest BCUT2D eigenvalue weighted by atomic mass is 16.7. The average molecular weight is 743 g/mol. The lowest BCUT2D eigenvalue weighted by Gasteiger charge is -2.42. The Labute approximate surface area is 292 Å². The predicted octanol–water partition coefficient (Wildman–Crippen LogP) is -3.57. The first kappa shape index (κ1) is 37.9. The smallest absolute Gasteiger partial charge is 0.239 e. The van der Waals surface area contributed by atoms with Gasteiger partial charge >= 0.3 is 0 Å². The maximum Gasteiger partial charge on any atom is 0.239 e. The Morgan fingerprint density at radius 2 is 1.50 bits per heavy atom. The van der Waals surface area contributed by atoms with E-state index in [-0.39, 0.29) is 16.9 Å². The molecule has 286 valence electrons. The van der Waals surface area contributed by atoms with Crippen LogP contribution in [0.1, 0.15) is 6.92 Å². The average Bonchev–Trinajstić information content (AvgIpc) is 3.39. The van der Waals surface area contributed by atoms with Crippen LogP contribution >= 0.6 is 0 Å². The molecule has 0 spiro atoms. The molecule has 0 aliphatic carbocycles. The molecule has 0 bridgehead atoms. The molecule has 20 nitrogen and oxygen atoms in total. The number of ether oxygens (including phenoxy) is 6. The van der Waals surface area contributed by atoms with E-state index < -0.39 is 139 Å². The first-order valence-corrected chi connectivity index (χ1v) is 15.9. The monoisotopic (exact) mass is 742 g/mol. The number of hydrogen-bond acceptors (Lipinski definition) is 20. The number of fused-ring (bicyclic) bond motifs is 1. The van der Waals surface area contributed by atoms with Crippen molar-refractivity contribution in [2.75, 3.05) is 19.8 Å². The normalized spacial score (nSPS) is 36.6. The summed E-state index contributed by atoms with van der Waals surface area (Å²) < 4.78 is 39.0. The number of aliphatic hydroxyl groups is 9. The zero-order valence-electron chi connectivity index (χ0n) is 27.1. The van der Waals surface area contributed by atoms with Gasteiger partial charge in [-0.15, -0.1) is 0 Å². The van der Waals surface area contributed by atoms with Crippen molar-refractivity contribution in [3.05, 3.63) is 40.6 Å². The number of phenolic OH excluding ortho intramolecular Hbond substituents is 3. The summed E-state index contributed by atoms with van der Waals surface area (Å²) in [5.41, 5.74) is -3.61. The van der Waals surface area contributed by atoms with Gasteiger partial charge in [-0.3, -0.25) is 4.79 Å². The van der Waals surface area contributed by atoms with Crippen molar-refractivity contribution in [2.45, 2.75) is 86.3 Å². The molecule has 6 rings (SSSR count). The van der Waals surface area contributed by atoms with E-state index in [1.54, 1.807) is 0 Å². The molecule has 13 unspecified atom stereocenters. The second-order valence-corrected chi connectivity index (χ2v) is 12.8. The van der Waals surface area contributed by atoms with Gasteiger partial charge in [0.25, 0.3) is 0 Å². The molecule has 3 aliphatic rings. The quantitative estimate of drug-likeness (QED) is 0.101. The van der Waals surface area contributed by atoms with E-state index in [1.165, 1.54) is 13.0 Å². The van der Waals surface area contributed by atoms with Gasteiger partial charge in [-0.1, -0.05) is 0 Å². The summed E-state index contributed by atoms with van der Waals surface area (Å²) in [4.78, 5) is 13.9. The highest BCUT2D eigenvalue weighted by Crippen LogP contribution is 2.41. The first-order chi connectivity index (χ1) is 24.5. The van der Waals surface area contributed by atoms with Gasteiger partial charge in [0.1, 0.15) is 76.9 Å². The van der Waals surface area contributed by atoms with Gasteiger partial charge in [0.15, 0.2) is 23.5 Å². The van der Waals surface area contributed by atoms with Crippen LogP contribution in [0.5, 0.6) is 28.7 Å². The van der Waals surface area contributed by atoms with Gasteiger partial charge in [-0.2, -0.15) is 0 Å². The third kappa shape index (κ3) is 6.85. The van der Waals surface area contributed by atoms with Crippen LogP contribution in [0.2, 0.25) is 0 Å². The predicted molar refractivity (Wildman–Crippen MR) is 167 cm³/mol. The Hall–Kier alpha value is -3.87. The third-order valence-corrected chi connectivity index (χ3v) is 9.10. The highest BCUT2D eigenvalue weighted by Gasteiger charge is 2.50. The van der Waals surface area contributed by atoms with E-state index >= 15 is 0 Å². The van der Waals surface area contributed by atoms with Crippen molar-refractivity contribution < 1.29 is 94.1 Å². The summed E-state index contributed by atoms with van der Waals surface area (Å²) in [5, 5.41) is 123. The number of benzene rings is 2. The Bertz CT molecular complexity index is 1820. The number of phenols is 3. The lowest BCUT2D eigenvalue weighted by atomic mass is 9.98. The second-order valence-electron chi connectivity index (χ2n) is 12.8. The molecule has 3 fully saturated rings. The molecule has 2 aromatic carbocycles. The molecule has 3 saturated heterocycles. The largest absolute Gasteiger partial charge is 0.508 e. The minimum Gasteiger partial charge on any atom is -0.508 e. The second kappa shape index (κ2) is 14.5. The van der Waals surface area contributed by atoms with Crippen LogP contribution in [0.25, 0.3) is 22.3 Å². The molecular weight excluding hydrogens is 704 g/mol. The van der Waals surface area contributed by atoms with Crippen molar-refractivity contribution >= 4 is 11.0 Å². The molecule has 4 heterocycles. The maximum atomic E-state index is 13.9. The van der Waals surface area contributed by atoms with E-state index in [0.717, 1.165) is 24.3 Å². The fourth-order valence-corrected chi connectivity index (χ4v) is 5.94. The molecule has 52 heavy (non-hydrogen) atoms. The van der Waals surface area contributed by atoms with E-state index in [0.29, 0.717) is 0 Å². The third-order valence-electron chi connectivity index (χ3n) is 9.10. The van der Waals surface area contributed by atoms with Gasteiger partial charge in [0, 0.05) is 17.7 Å². The fourth-order valence-electron chi connectivity index (χ4n) is 5.94. The number of rotatable bonds is 9. The minimum atomic E-state index is -2.07. The maximum absolute atomic E-state index is 13.9. The minimum absolute atomic E-state index is 0.0985. The van der Waals surface area contributed by atoms with Crippen LogP contribution in [-0.2, 0) is 18.9 Å². The SMILES string of the molecule is CC1OC(OCC2OC(Oc3c(-c4ccc(O)c(OC5OCC(O)(CO)C5O)c4)oc4cc(O)cc(O)c4c3=O)C(O)C(O)C2O)C(O)C(O)C1O. The Balaban J connectivity index is 1.34. The highest BCUT2D eigenvalue weighted by molar-refractivity contribution is 5.88. The van der Waals surface area contributed by atoms with Gasteiger partial charge < -0.3 is 94.1 Å². The van der Waals surface area contributed by atoms with E-state index in [9.17, 15) is 66.1 Å². The molecule has 3 aromatic rings. The van der Waals surface area contributed by atoms with Gasteiger partial charge in [-0.05, 0) is 25.1 Å². The van der Waals surface area contributed by atoms with Crippen LogP contribution < -0.4 is 14.9 Å². The molecule has 0 radical (unpaired) electrons. The Morgan fingerprint density at radius 3 is 2.19 bits per heavy atom. The standard InChI is InChI=1S/C32H38O20/c1-10-19(37)22(40)24(42)29(48-10)46-7-17-20(38)23(41)25(43)30(51-17)52-27-21(39)18-14(36)5-12(34)6-16(18)49-26(27)11-2-3-13(35)15(4-11)50-31-28(44)32(45,8-33)9-47-31/h2-6,10,17,19-20,22-25,28-31,33-38,40-45H,7-9H2,1H3. The summed E-state index contributed by atoms with van der Waals surface area (Å²) >= 11 is 0. The van der Waals surface area contributed by atoms with Crippen LogP contribution in [0.3, 0.4) is 0 Å². The molecule has 20 heteroatoms. The van der Waals surface area contributed by atoms with Crippen molar-refractivity contribution in [3.8, 4) is 40.1 Å². The molecule has 0 amide bonds.